The molecular formula is C15H28IN5OS. The Bertz CT molecular complexity index is 494. The van der Waals surface area contributed by atoms with E-state index in [4.69, 9.17) is 4.52 Å². The van der Waals surface area contributed by atoms with Gasteiger partial charge in [-0.2, -0.15) is 16.7 Å². The predicted octanol–water partition coefficient (Wildman–Crippen LogP) is 2.44. The molecule has 2 heterocycles. The van der Waals surface area contributed by atoms with Gasteiger partial charge in [0.2, 0.25) is 5.89 Å². The van der Waals surface area contributed by atoms with E-state index in [2.05, 4.69) is 51.0 Å². The third-order valence-corrected chi connectivity index (χ3v) is 5.33. The van der Waals surface area contributed by atoms with Crippen molar-refractivity contribution in [2.75, 3.05) is 32.4 Å². The standard InChI is InChI=1S/C15H27N5OS.HI/c1-5-14-18-13(19-21-14)6-7-17-15(16-4)20-8-9-22-12(10-20)11(2)3;/h11-12H,5-10H2,1-4H3,(H,16,17);1H. The minimum Gasteiger partial charge on any atom is -0.356 e. The van der Waals surface area contributed by atoms with Gasteiger partial charge in [-0.1, -0.05) is 25.9 Å². The van der Waals surface area contributed by atoms with Crippen molar-refractivity contribution >= 4 is 41.7 Å². The minimum atomic E-state index is 0. The smallest absolute Gasteiger partial charge is 0.226 e. The van der Waals surface area contributed by atoms with Crippen molar-refractivity contribution in [1.29, 1.82) is 0 Å². The second-order valence-electron chi connectivity index (χ2n) is 5.78. The molecule has 1 aliphatic rings. The largest absolute Gasteiger partial charge is 0.356 e. The number of nitrogens with zero attached hydrogens (tertiary/aromatic N) is 4. The number of aromatic nitrogens is 2. The van der Waals surface area contributed by atoms with Crippen LogP contribution in [0.15, 0.2) is 9.52 Å². The van der Waals surface area contributed by atoms with E-state index < -0.39 is 0 Å². The summed E-state index contributed by atoms with van der Waals surface area (Å²) in [5.74, 6) is 4.29. The molecule has 6 nitrogen and oxygen atoms in total. The normalized spacial score (nSPS) is 18.9. The number of rotatable bonds is 5. The fourth-order valence-electron chi connectivity index (χ4n) is 2.42. The molecule has 0 radical (unpaired) electrons. The number of nitrogens with one attached hydrogen (secondary N) is 1. The molecule has 2 rings (SSSR count). The second kappa shape index (κ2) is 10.4. The summed E-state index contributed by atoms with van der Waals surface area (Å²) in [6.07, 6.45) is 1.53. The Morgan fingerprint density at radius 1 is 1.52 bits per heavy atom. The predicted molar refractivity (Wildman–Crippen MR) is 107 cm³/mol. The quantitative estimate of drug-likeness (QED) is 0.420. The van der Waals surface area contributed by atoms with Crippen LogP contribution in [-0.2, 0) is 12.8 Å². The number of halogens is 1. The molecule has 1 fully saturated rings. The Morgan fingerprint density at radius 2 is 2.30 bits per heavy atom. The first kappa shape index (κ1) is 20.5. The molecule has 0 aliphatic carbocycles. The molecule has 1 N–H and O–H groups in total. The number of aliphatic imine (C=N–C) groups is 1. The summed E-state index contributed by atoms with van der Waals surface area (Å²) in [7, 11) is 1.85. The summed E-state index contributed by atoms with van der Waals surface area (Å²) >= 11 is 2.07. The van der Waals surface area contributed by atoms with Crippen molar-refractivity contribution in [2.45, 2.75) is 38.9 Å². The highest BCUT2D eigenvalue weighted by Gasteiger charge is 2.24. The Labute approximate surface area is 160 Å². The monoisotopic (exact) mass is 453 g/mol. The van der Waals surface area contributed by atoms with Crippen LogP contribution in [0, 0.1) is 5.92 Å². The third kappa shape index (κ3) is 6.13. The fraction of sp³-hybridized carbons (Fsp3) is 0.800. The zero-order valence-corrected chi connectivity index (χ0v) is 17.6. The molecule has 0 aromatic carbocycles. The maximum atomic E-state index is 5.12. The molecule has 1 unspecified atom stereocenters. The Kier molecular flexibility index (Phi) is 9.26. The minimum absolute atomic E-state index is 0. The molecule has 8 heteroatoms. The van der Waals surface area contributed by atoms with Gasteiger partial charge in [-0.25, -0.2) is 0 Å². The van der Waals surface area contributed by atoms with Crippen molar-refractivity contribution in [1.82, 2.24) is 20.4 Å². The number of guanidine groups is 1. The van der Waals surface area contributed by atoms with Crippen LogP contribution in [0.5, 0.6) is 0 Å². The number of thioether (sulfide) groups is 1. The highest BCUT2D eigenvalue weighted by atomic mass is 127. The molecule has 132 valence electrons. The van der Waals surface area contributed by atoms with Crippen LogP contribution in [0.25, 0.3) is 0 Å². The van der Waals surface area contributed by atoms with Gasteiger partial charge in [0.25, 0.3) is 0 Å². The first-order valence-electron chi connectivity index (χ1n) is 8.02. The molecule has 0 bridgehead atoms. The van der Waals surface area contributed by atoms with Gasteiger partial charge < -0.3 is 14.7 Å². The molecule has 1 aromatic heterocycles. The average molecular weight is 453 g/mol. The van der Waals surface area contributed by atoms with Crippen LogP contribution in [0.2, 0.25) is 0 Å². The lowest BCUT2D eigenvalue weighted by Gasteiger charge is -2.36. The molecular weight excluding hydrogens is 425 g/mol. The molecule has 1 saturated heterocycles. The van der Waals surface area contributed by atoms with Crippen LogP contribution < -0.4 is 5.32 Å². The highest BCUT2D eigenvalue weighted by Crippen LogP contribution is 2.24. The van der Waals surface area contributed by atoms with Gasteiger partial charge in [0.05, 0.1) is 0 Å². The summed E-state index contributed by atoms with van der Waals surface area (Å²) in [5, 5.41) is 8.07. The third-order valence-electron chi connectivity index (χ3n) is 3.79. The first-order valence-corrected chi connectivity index (χ1v) is 9.07. The molecule has 1 aromatic rings. The van der Waals surface area contributed by atoms with E-state index in [1.165, 1.54) is 0 Å². The van der Waals surface area contributed by atoms with E-state index in [1.807, 2.05) is 14.0 Å². The Balaban J connectivity index is 0.00000264. The van der Waals surface area contributed by atoms with Crippen LogP contribution in [0.3, 0.4) is 0 Å². The highest BCUT2D eigenvalue weighted by molar-refractivity contribution is 14.0. The summed E-state index contributed by atoms with van der Waals surface area (Å²) in [6, 6.07) is 0. The average Bonchev–Trinajstić information content (AvgIpc) is 2.99. The van der Waals surface area contributed by atoms with Crippen molar-refractivity contribution < 1.29 is 4.52 Å². The number of hydrogen-bond acceptors (Lipinski definition) is 5. The van der Waals surface area contributed by atoms with Gasteiger partial charge in [-0.15, -0.1) is 24.0 Å². The zero-order chi connectivity index (χ0) is 15.9. The van der Waals surface area contributed by atoms with Crippen molar-refractivity contribution in [2.24, 2.45) is 10.9 Å². The SMILES string of the molecule is CCc1nc(CCNC(=NC)N2CCSC(C(C)C)C2)no1.I. The van der Waals surface area contributed by atoms with Gasteiger partial charge >= 0.3 is 0 Å². The fourth-order valence-corrected chi connectivity index (χ4v) is 3.72. The summed E-state index contributed by atoms with van der Waals surface area (Å²) in [5.41, 5.74) is 0. The molecule has 0 saturated carbocycles. The lowest BCUT2D eigenvalue weighted by atomic mass is 10.1. The van der Waals surface area contributed by atoms with E-state index in [9.17, 15) is 0 Å². The summed E-state index contributed by atoms with van der Waals surface area (Å²) in [6.45, 7) is 9.47. The first-order chi connectivity index (χ1) is 10.6. The van der Waals surface area contributed by atoms with E-state index in [0.29, 0.717) is 17.1 Å². The molecule has 1 atom stereocenters. The Hall–Kier alpha value is -0.510. The van der Waals surface area contributed by atoms with Gasteiger partial charge in [0.1, 0.15) is 0 Å². The maximum absolute atomic E-state index is 5.12. The number of aryl methyl sites for hydroxylation is 1. The van der Waals surface area contributed by atoms with Crippen molar-refractivity contribution in [3.05, 3.63) is 11.7 Å². The van der Waals surface area contributed by atoms with E-state index in [-0.39, 0.29) is 24.0 Å². The Morgan fingerprint density at radius 3 is 2.91 bits per heavy atom. The van der Waals surface area contributed by atoms with E-state index >= 15 is 0 Å². The zero-order valence-electron chi connectivity index (χ0n) is 14.4. The second-order valence-corrected chi connectivity index (χ2v) is 7.13. The van der Waals surface area contributed by atoms with Crippen LogP contribution >= 0.6 is 35.7 Å². The topological polar surface area (TPSA) is 66.6 Å². The molecule has 0 amide bonds. The van der Waals surface area contributed by atoms with E-state index in [0.717, 1.165) is 50.0 Å². The molecule has 23 heavy (non-hydrogen) atoms. The lowest BCUT2D eigenvalue weighted by molar-refractivity contribution is 0.374. The van der Waals surface area contributed by atoms with Crippen LogP contribution in [0.1, 0.15) is 32.5 Å². The summed E-state index contributed by atoms with van der Waals surface area (Å²) in [4.78, 5) is 11.1. The van der Waals surface area contributed by atoms with Gasteiger partial charge in [-0.3, -0.25) is 4.99 Å². The van der Waals surface area contributed by atoms with Gasteiger partial charge in [-0.05, 0) is 5.92 Å². The lowest BCUT2D eigenvalue weighted by Crippen LogP contribution is -2.49. The maximum Gasteiger partial charge on any atom is 0.226 e. The van der Waals surface area contributed by atoms with Crippen LogP contribution in [0.4, 0.5) is 0 Å². The van der Waals surface area contributed by atoms with Gasteiger partial charge in [0.15, 0.2) is 11.8 Å². The molecule has 0 spiro atoms. The van der Waals surface area contributed by atoms with Crippen molar-refractivity contribution in [3.63, 3.8) is 0 Å². The van der Waals surface area contributed by atoms with E-state index in [1.54, 1.807) is 0 Å². The van der Waals surface area contributed by atoms with Crippen molar-refractivity contribution in [3.8, 4) is 0 Å². The summed E-state index contributed by atoms with van der Waals surface area (Å²) < 4.78 is 5.12. The number of hydrogen-bond donors (Lipinski definition) is 1. The van der Waals surface area contributed by atoms with Gasteiger partial charge in [0, 0.05) is 50.5 Å². The van der Waals surface area contributed by atoms with Crippen LogP contribution in [-0.4, -0.2) is 58.7 Å². The molecule has 1 aliphatic heterocycles.